The predicted molar refractivity (Wildman–Crippen MR) is 121 cm³/mol. The summed E-state index contributed by atoms with van der Waals surface area (Å²) in [7, 11) is 1.72. The largest absolute Gasteiger partial charge is 0.496 e. The van der Waals surface area contributed by atoms with Gasteiger partial charge < -0.3 is 9.30 Å². The quantitative estimate of drug-likeness (QED) is 0.383. The highest BCUT2D eigenvalue weighted by Gasteiger charge is 2.20. The molecule has 0 radical (unpaired) electrons. The van der Waals surface area contributed by atoms with Crippen molar-refractivity contribution in [2.75, 3.05) is 7.11 Å². The Morgan fingerprint density at radius 2 is 1.60 bits per heavy atom. The number of benzene rings is 3. The van der Waals surface area contributed by atoms with E-state index in [9.17, 15) is 0 Å². The summed E-state index contributed by atoms with van der Waals surface area (Å²) in [5.74, 6) is 0.891. The second-order valence-corrected chi connectivity index (χ2v) is 7.70. The van der Waals surface area contributed by atoms with Crippen molar-refractivity contribution in [3.8, 4) is 28.3 Å². The van der Waals surface area contributed by atoms with Crippen LogP contribution in [0.1, 0.15) is 16.7 Å². The van der Waals surface area contributed by atoms with E-state index in [1.54, 1.807) is 7.11 Å². The van der Waals surface area contributed by atoms with Crippen molar-refractivity contribution >= 4 is 10.9 Å². The Morgan fingerprint density at radius 1 is 0.833 bits per heavy atom. The Bertz CT molecular complexity index is 1340. The summed E-state index contributed by atoms with van der Waals surface area (Å²) >= 11 is 0. The molecule has 0 N–H and O–H groups in total. The van der Waals surface area contributed by atoms with Crippen LogP contribution in [-0.2, 0) is 6.54 Å². The molecule has 0 unspecified atom stereocenters. The Labute approximate surface area is 176 Å². The summed E-state index contributed by atoms with van der Waals surface area (Å²) < 4.78 is 7.85. The van der Waals surface area contributed by atoms with Gasteiger partial charge in [0, 0.05) is 28.3 Å². The highest BCUT2D eigenvalue weighted by molar-refractivity contribution is 5.98. The van der Waals surface area contributed by atoms with Gasteiger partial charge in [-0.2, -0.15) is 0 Å². The van der Waals surface area contributed by atoms with E-state index in [2.05, 4.69) is 83.3 Å². The van der Waals surface area contributed by atoms with Gasteiger partial charge in [0.25, 0.3) is 0 Å². The van der Waals surface area contributed by atoms with Gasteiger partial charge >= 0.3 is 0 Å². The Morgan fingerprint density at radius 3 is 2.43 bits per heavy atom. The number of aryl methyl sites for hydroxylation is 2. The van der Waals surface area contributed by atoms with Crippen LogP contribution in [-0.4, -0.2) is 21.9 Å². The molecular weight excluding hydrogens is 370 g/mol. The SMILES string of the molecule is COc1ccccc1Cn1cc2c(-c3ccc(C)c(C)c3)nnc-2c2ccccc21. The zero-order valence-electron chi connectivity index (χ0n) is 17.4. The lowest BCUT2D eigenvalue weighted by molar-refractivity contribution is 0.408. The van der Waals surface area contributed by atoms with Crippen LogP contribution in [0.5, 0.6) is 5.75 Å². The normalized spacial score (nSPS) is 11.3. The Hall–Kier alpha value is -3.66. The lowest BCUT2D eigenvalue weighted by Gasteiger charge is -2.16. The van der Waals surface area contributed by atoms with E-state index >= 15 is 0 Å². The van der Waals surface area contributed by atoms with Gasteiger partial charge in [-0.05, 0) is 43.2 Å². The van der Waals surface area contributed by atoms with Gasteiger partial charge in [0.15, 0.2) is 0 Å². The second kappa shape index (κ2) is 7.30. The number of hydrogen-bond donors (Lipinski definition) is 0. The highest BCUT2D eigenvalue weighted by atomic mass is 16.5. The fourth-order valence-corrected chi connectivity index (χ4v) is 4.04. The van der Waals surface area contributed by atoms with Crippen LogP contribution in [0.2, 0.25) is 0 Å². The van der Waals surface area contributed by atoms with Gasteiger partial charge in [0.1, 0.15) is 17.1 Å². The average Bonchev–Trinajstić information content (AvgIpc) is 3.20. The van der Waals surface area contributed by atoms with Crippen molar-refractivity contribution in [3.63, 3.8) is 0 Å². The van der Waals surface area contributed by atoms with Crippen molar-refractivity contribution in [1.29, 1.82) is 0 Å². The molecule has 0 saturated carbocycles. The average molecular weight is 393 g/mol. The van der Waals surface area contributed by atoms with Crippen LogP contribution in [0.25, 0.3) is 33.4 Å². The molecule has 0 bridgehead atoms. The minimum atomic E-state index is 0.706. The van der Waals surface area contributed by atoms with Crippen LogP contribution in [0.3, 0.4) is 0 Å². The zero-order chi connectivity index (χ0) is 20.7. The van der Waals surface area contributed by atoms with Crippen molar-refractivity contribution in [3.05, 3.63) is 89.6 Å². The minimum absolute atomic E-state index is 0.706. The molecule has 30 heavy (non-hydrogen) atoms. The molecule has 0 fully saturated rings. The number of fused-ring (bicyclic) bond motifs is 3. The summed E-state index contributed by atoms with van der Waals surface area (Å²) in [6.07, 6.45) is 2.18. The van der Waals surface area contributed by atoms with Crippen molar-refractivity contribution in [2.24, 2.45) is 0 Å². The van der Waals surface area contributed by atoms with E-state index in [4.69, 9.17) is 4.74 Å². The number of aromatic nitrogens is 3. The molecule has 5 rings (SSSR count). The first kappa shape index (κ1) is 18.4. The number of rotatable bonds is 4. The summed E-state index contributed by atoms with van der Waals surface area (Å²) in [6.45, 7) is 4.97. The molecular formula is C26H23N3O. The smallest absolute Gasteiger partial charge is 0.123 e. The summed E-state index contributed by atoms with van der Waals surface area (Å²) in [4.78, 5) is 0. The van der Waals surface area contributed by atoms with Crippen LogP contribution in [0.15, 0.2) is 72.9 Å². The molecule has 4 nitrogen and oxygen atoms in total. The topological polar surface area (TPSA) is 39.9 Å². The number of para-hydroxylation sites is 2. The molecule has 0 saturated heterocycles. The van der Waals surface area contributed by atoms with E-state index in [0.29, 0.717) is 6.54 Å². The molecule has 0 spiro atoms. The van der Waals surface area contributed by atoms with Crippen LogP contribution in [0, 0.1) is 13.8 Å². The molecule has 2 aliphatic rings. The first-order valence-corrected chi connectivity index (χ1v) is 10.1. The molecule has 0 amide bonds. The highest BCUT2D eigenvalue weighted by Crippen LogP contribution is 2.37. The van der Waals surface area contributed by atoms with E-state index in [0.717, 1.165) is 44.7 Å². The standard InChI is InChI=1S/C26H23N3O/c1-17-12-13-19(14-18(17)2)25-22-16-29(15-20-8-4-7-11-24(20)30-3)23-10-6-5-9-21(23)26(22)28-27-25/h4-14,16H,15H2,1-3H3. The first-order chi connectivity index (χ1) is 14.7. The van der Waals surface area contributed by atoms with Gasteiger partial charge in [0.2, 0.25) is 0 Å². The molecule has 0 atom stereocenters. The van der Waals surface area contributed by atoms with Crippen LogP contribution >= 0.6 is 0 Å². The third kappa shape index (κ3) is 3.01. The van der Waals surface area contributed by atoms with Crippen molar-refractivity contribution in [1.82, 2.24) is 14.8 Å². The number of methoxy groups -OCH3 is 1. The molecule has 0 aromatic heterocycles. The van der Waals surface area contributed by atoms with Crippen LogP contribution < -0.4 is 4.74 Å². The Kier molecular flexibility index (Phi) is 4.47. The van der Waals surface area contributed by atoms with E-state index in [1.165, 1.54) is 11.1 Å². The number of pyridine rings is 1. The molecule has 148 valence electrons. The summed E-state index contributed by atoms with van der Waals surface area (Å²) in [6, 6.07) is 23.0. The predicted octanol–water partition coefficient (Wildman–Crippen LogP) is 5.88. The number of nitrogens with zero attached hydrogens (tertiary/aromatic N) is 3. The number of ether oxygens (including phenoxy) is 1. The monoisotopic (exact) mass is 393 g/mol. The third-order valence-corrected chi connectivity index (χ3v) is 5.83. The lowest BCUT2D eigenvalue weighted by atomic mass is 9.99. The molecule has 2 heterocycles. The van der Waals surface area contributed by atoms with Gasteiger partial charge in [-0.25, -0.2) is 0 Å². The third-order valence-electron chi connectivity index (χ3n) is 5.83. The first-order valence-electron chi connectivity index (χ1n) is 10.1. The molecule has 0 aliphatic carbocycles. The minimum Gasteiger partial charge on any atom is -0.496 e. The van der Waals surface area contributed by atoms with Crippen molar-refractivity contribution in [2.45, 2.75) is 20.4 Å². The zero-order valence-corrected chi connectivity index (χ0v) is 17.4. The van der Waals surface area contributed by atoms with Crippen molar-refractivity contribution < 1.29 is 4.74 Å². The van der Waals surface area contributed by atoms with Gasteiger partial charge in [-0.1, -0.05) is 48.5 Å². The molecule has 3 aromatic rings. The summed E-state index contributed by atoms with van der Waals surface area (Å²) in [5.41, 5.74) is 8.82. The fraction of sp³-hybridized carbons (Fsp3) is 0.154. The Balaban J connectivity index is 1.72. The maximum absolute atomic E-state index is 5.58. The lowest BCUT2D eigenvalue weighted by Crippen LogP contribution is -2.05. The van der Waals surface area contributed by atoms with Gasteiger partial charge in [-0.3, -0.25) is 0 Å². The van der Waals surface area contributed by atoms with E-state index in [1.807, 2.05) is 18.2 Å². The fourth-order valence-electron chi connectivity index (χ4n) is 4.04. The van der Waals surface area contributed by atoms with Crippen LogP contribution in [0.4, 0.5) is 0 Å². The molecule has 3 aromatic carbocycles. The van der Waals surface area contributed by atoms with Gasteiger partial charge in [0.05, 0.1) is 19.2 Å². The molecule has 2 aliphatic heterocycles. The van der Waals surface area contributed by atoms with E-state index < -0.39 is 0 Å². The maximum atomic E-state index is 5.58. The summed E-state index contributed by atoms with van der Waals surface area (Å²) in [5, 5.41) is 10.3. The second-order valence-electron chi connectivity index (χ2n) is 7.70. The molecule has 4 heteroatoms. The number of hydrogen-bond acceptors (Lipinski definition) is 3. The van der Waals surface area contributed by atoms with E-state index in [-0.39, 0.29) is 0 Å². The maximum Gasteiger partial charge on any atom is 0.123 e. The van der Waals surface area contributed by atoms with Gasteiger partial charge in [-0.15, -0.1) is 10.2 Å².